The lowest BCUT2D eigenvalue weighted by Gasteiger charge is -2.36. The second kappa shape index (κ2) is 11.2. The van der Waals surface area contributed by atoms with Gasteiger partial charge in [-0.15, -0.1) is 0 Å². The fourth-order valence-corrected chi connectivity index (χ4v) is 6.20. The highest BCUT2D eigenvalue weighted by Crippen LogP contribution is 2.35. The first kappa shape index (κ1) is 28.7. The van der Waals surface area contributed by atoms with Crippen molar-refractivity contribution in [1.29, 1.82) is 0 Å². The van der Waals surface area contributed by atoms with Gasteiger partial charge in [0.05, 0.1) is 17.3 Å². The predicted molar refractivity (Wildman–Crippen MR) is 155 cm³/mol. The molecule has 10 heteroatoms. The highest BCUT2D eigenvalue weighted by atomic mass is 16.2. The minimum absolute atomic E-state index is 0.0730. The minimum Gasteiger partial charge on any atom is -0.347 e. The molecule has 4 heterocycles. The molecule has 218 valence electrons. The van der Waals surface area contributed by atoms with Crippen LogP contribution in [0.3, 0.4) is 0 Å². The van der Waals surface area contributed by atoms with Gasteiger partial charge < -0.3 is 15.5 Å². The van der Waals surface area contributed by atoms with Crippen LogP contribution in [0.4, 0.5) is 0 Å². The first-order valence-electron chi connectivity index (χ1n) is 14.6. The maximum Gasteiger partial charge on any atom is 0.258 e. The Morgan fingerprint density at radius 3 is 2.39 bits per heavy atom. The summed E-state index contributed by atoms with van der Waals surface area (Å²) in [5.41, 5.74) is 7.24. The molecular formula is C31H40N6O4. The fraction of sp³-hybridized carbons (Fsp3) is 0.516. The molecule has 5 rings (SSSR count). The van der Waals surface area contributed by atoms with Crippen LogP contribution >= 0.6 is 0 Å². The summed E-state index contributed by atoms with van der Waals surface area (Å²) in [7, 11) is 0. The summed E-state index contributed by atoms with van der Waals surface area (Å²) < 4.78 is 0. The molecule has 0 radical (unpaired) electrons. The Morgan fingerprint density at radius 1 is 0.951 bits per heavy atom. The van der Waals surface area contributed by atoms with Gasteiger partial charge in [-0.3, -0.25) is 29.2 Å². The molecule has 1 aromatic carbocycles. The van der Waals surface area contributed by atoms with Crippen LogP contribution in [0.15, 0.2) is 41.5 Å². The number of aromatic nitrogens is 1. The number of nitrogens with one attached hydrogen (secondary N) is 3. The number of amides is 4. The van der Waals surface area contributed by atoms with E-state index in [-0.39, 0.29) is 41.5 Å². The maximum absolute atomic E-state index is 13.6. The largest absolute Gasteiger partial charge is 0.347 e. The Bertz CT molecular complexity index is 1430. The molecule has 3 N–H and O–H groups in total. The van der Waals surface area contributed by atoms with Gasteiger partial charge in [0.15, 0.2) is 0 Å². The predicted octanol–water partition coefficient (Wildman–Crippen LogP) is 2.71. The summed E-state index contributed by atoms with van der Waals surface area (Å²) in [6, 6.07) is 7.54. The van der Waals surface area contributed by atoms with E-state index >= 15 is 0 Å². The van der Waals surface area contributed by atoms with Gasteiger partial charge in [0.1, 0.15) is 18.1 Å². The van der Waals surface area contributed by atoms with Gasteiger partial charge >= 0.3 is 0 Å². The van der Waals surface area contributed by atoms with Crippen LogP contribution in [0.5, 0.6) is 0 Å². The lowest BCUT2D eigenvalue weighted by Crippen LogP contribution is -2.62. The Kier molecular flexibility index (Phi) is 7.87. The van der Waals surface area contributed by atoms with E-state index in [1.165, 1.54) is 5.01 Å². The molecule has 1 fully saturated rings. The SMILES string of the molecule is CC1=C2CN(C1=O)C(C(C)C)C(=O)N[C@@H](C)C(=O)N1CCC[C@H](N1)C(=O)N[C@H](C)c1ccc3ccc(cc3n1)C2C. The van der Waals surface area contributed by atoms with Crippen molar-refractivity contribution >= 4 is 34.5 Å². The van der Waals surface area contributed by atoms with Crippen molar-refractivity contribution in [2.24, 2.45) is 5.92 Å². The molecule has 0 aliphatic carbocycles. The quantitative estimate of drug-likeness (QED) is 0.493. The zero-order chi connectivity index (χ0) is 29.6. The maximum atomic E-state index is 13.6. The third-order valence-corrected chi connectivity index (χ3v) is 8.70. The molecule has 41 heavy (non-hydrogen) atoms. The zero-order valence-electron chi connectivity index (χ0n) is 24.7. The van der Waals surface area contributed by atoms with Crippen LogP contribution in [0.2, 0.25) is 0 Å². The number of benzene rings is 1. The van der Waals surface area contributed by atoms with Crippen molar-refractivity contribution in [1.82, 2.24) is 31.0 Å². The van der Waals surface area contributed by atoms with E-state index in [0.29, 0.717) is 31.5 Å². The second-order valence-electron chi connectivity index (χ2n) is 12.0. The number of carbonyl (C=O) groups excluding carboxylic acids is 4. The summed E-state index contributed by atoms with van der Waals surface area (Å²) in [5.74, 6) is -1.32. The average Bonchev–Trinajstić information content (AvgIpc) is 3.24. The van der Waals surface area contributed by atoms with Crippen molar-refractivity contribution in [3.05, 3.63) is 52.7 Å². The molecule has 1 aromatic heterocycles. The summed E-state index contributed by atoms with van der Waals surface area (Å²) in [4.78, 5) is 60.2. The summed E-state index contributed by atoms with van der Waals surface area (Å²) >= 11 is 0. The van der Waals surface area contributed by atoms with Crippen LogP contribution in [-0.4, -0.2) is 69.7 Å². The smallest absolute Gasteiger partial charge is 0.258 e. The number of hydrogen-bond donors (Lipinski definition) is 3. The number of carbonyl (C=O) groups is 4. The lowest BCUT2D eigenvalue weighted by molar-refractivity contribution is -0.144. The molecule has 2 aromatic rings. The molecule has 5 atom stereocenters. The van der Waals surface area contributed by atoms with Crippen molar-refractivity contribution < 1.29 is 19.2 Å². The van der Waals surface area contributed by atoms with Gasteiger partial charge in [-0.05, 0) is 62.8 Å². The van der Waals surface area contributed by atoms with Crippen LogP contribution in [0.1, 0.15) is 77.6 Å². The highest BCUT2D eigenvalue weighted by Gasteiger charge is 2.40. The van der Waals surface area contributed by atoms with E-state index < -0.39 is 18.1 Å². The molecule has 3 aliphatic heterocycles. The summed E-state index contributed by atoms with van der Waals surface area (Å²) in [6.07, 6.45) is 1.22. The highest BCUT2D eigenvalue weighted by molar-refractivity contribution is 6.00. The number of hydrogen-bond acceptors (Lipinski definition) is 6. The molecule has 2 unspecified atom stereocenters. The van der Waals surface area contributed by atoms with Gasteiger partial charge in [-0.25, -0.2) is 5.43 Å². The van der Waals surface area contributed by atoms with Crippen LogP contribution in [0, 0.1) is 5.92 Å². The molecule has 1 saturated heterocycles. The normalized spacial score (nSPS) is 28.1. The Labute approximate surface area is 240 Å². The van der Waals surface area contributed by atoms with Crippen LogP contribution in [0.25, 0.3) is 10.9 Å². The van der Waals surface area contributed by atoms with E-state index in [1.807, 2.05) is 52.0 Å². The van der Waals surface area contributed by atoms with E-state index in [0.717, 1.165) is 27.7 Å². The van der Waals surface area contributed by atoms with E-state index in [9.17, 15) is 19.2 Å². The second-order valence-corrected chi connectivity index (χ2v) is 12.0. The summed E-state index contributed by atoms with van der Waals surface area (Å²) in [6.45, 7) is 12.0. The molecule has 0 saturated carbocycles. The standard InChI is InChI=1S/C31H40N6O4/c1-16(2)27-29(39)33-20(6)31(41)37-13-7-8-25(35-37)28(38)32-19(5)24-12-11-21-9-10-22(14-26(21)34-24)17(3)23-15-36(27)30(40)18(23)4/h9-12,14,16-17,19-20,25,27,35H,7-8,13,15H2,1-6H3,(H,32,38)(H,33,39)/t17?,19-,20+,25+,27?/m1/s1. The monoisotopic (exact) mass is 560 g/mol. The first-order valence-corrected chi connectivity index (χ1v) is 14.6. The van der Waals surface area contributed by atoms with E-state index in [2.05, 4.69) is 29.0 Å². The van der Waals surface area contributed by atoms with Crippen molar-refractivity contribution in [3.63, 3.8) is 0 Å². The third-order valence-electron chi connectivity index (χ3n) is 8.70. The molecule has 7 bridgehead atoms. The van der Waals surface area contributed by atoms with E-state index in [1.54, 1.807) is 11.8 Å². The van der Waals surface area contributed by atoms with Gasteiger partial charge in [0.25, 0.3) is 11.8 Å². The van der Waals surface area contributed by atoms with Crippen molar-refractivity contribution in [2.75, 3.05) is 13.1 Å². The summed E-state index contributed by atoms with van der Waals surface area (Å²) in [5, 5.41) is 8.30. The van der Waals surface area contributed by atoms with Gasteiger partial charge in [-0.2, -0.15) is 0 Å². The Hall–Kier alpha value is -3.79. The number of fused-ring (bicyclic) bond motifs is 6. The van der Waals surface area contributed by atoms with E-state index in [4.69, 9.17) is 4.98 Å². The number of rotatable bonds is 1. The number of nitrogens with zero attached hydrogens (tertiary/aromatic N) is 3. The van der Waals surface area contributed by atoms with Crippen LogP contribution in [-0.2, 0) is 19.2 Å². The fourth-order valence-electron chi connectivity index (χ4n) is 6.20. The van der Waals surface area contributed by atoms with Crippen molar-refractivity contribution in [2.45, 2.75) is 84.5 Å². The van der Waals surface area contributed by atoms with Crippen LogP contribution < -0.4 is 16.1 Å². The Morgan fingerprint density at radius 2 is 1.66 bits per heavy atom. The number of hydrazine groups is 1. The van der Waals surface area contributed by atoms with Gasteiger partial charge in [0, 0.05) is 30.0 Å². The topological polar surface area (TPSA) is 124 Å². The molecule has 4 amide bonds. The molecular weight excluding hydrogens is 520 g/mol. The number of pyridine rings is 1. The Balaban J connectivity index is 1.55. The van der Waals surface area contributed by atoms with Gasteiger partial charge in [-0.1, -0.05) is 39.0 Å². The average molecular weight is 561 g/mol. The molecule has 3 aliphatic rings. The first-order chi connectivity index (χ1) is 19.5. The minimum atomic E-state index is -0.841. The molecule has 10 nitrogen and oxygen atoms in total. The zero-order valence-corrected chi connectivity index (χ0v) is 24.7. The third kappa shape index (κ3) is 5.45. The molecule has 0 spiro atoms. The van der Waals surface area contributed by atoms with Crippen molar-refractivity contribution in [3.8, 4) is 0 Å². The lowest BCUT2D eigenvalue weighted by atomic mass is 9.90. The van der Waals surface area contributed by atoms with Gasteiger partial charge in [0.2, 0.25) is 11.8 Å².